The van der Waals surface area contributed by atoms with E-state index >= 15 is 0 Å². The zero-order chi connectivity index (χ0) is 20.5. The Morgan fingerprint density at radius 2 is 1.31 bits per heavy atom. The zero-order valence-electron chi connectivity index (χ0n) is 16.3. The number of rotatable bonds is 10. The highest BCUT2D eigenvalue weighted by Crippen LogP contribution is 2.40. The molecule has 0 aliphatic rings. The van der Waals surface area contributed by atoms with Crippen molar-refractivity contribution in [2.24, 2.45) is 0 Å². The Hall–Kier alpha value is -3.47. The number of benzene rings is 3. The summed E-state index contributed by atoms with van der Waals surface area (Å²) < 4.78 is 17.8. The summed E-state index contributed by atoms with van der Waals surface area (Å²) in [7, 11) is 0. The Morgan fingerprint density at radius 3 is 1.83 bits per heavy atom. The number of carbonyl (C=O) groups is 1. The Kier molecular flexibility index (Phi) is 7.11. The summed E-state index contributed by atoms with van der Waals surface area (Å²) in [6, 6.07) is 22.4. The molecule has 0 atom stereocenters. The molecule has 0 bridgehead atoms. The standard InChI is InChI=1S/C24H24O5/c1-2-13-27-21-14-20(24(25)26)15-22(28-16-18-9-5-3-6-10-18)23(21)29-17-19-11-7-4-8-12-19/h3-12,14-15H,2,13,16-17H2,1H3,(H,25,26). The van der Waals surface area contributed by atoms with E-state index in [1.54, 1.807) is 0 Å². The highest BCUT2D eigenvalue weighted by Gasteiger charge is 2.19. The molecule has 3 aromatic rings. The average molecular weight is 392 g/mol. The van der Waals surface area contributed by atoms with Crippen molar-refractivity contribution in [3.8, 4) is 17.2 Å². The maximum Gasteiger partial charge on any atom is 0.335 e. The van der Waals surface area contributed by atoms with Crippen molar-refractivity contribution in [1.82, 2.24) is 0 Å². The van der Waals surface area contributed by atoms with Crippen LogP contribution in [0.3, 0.4) is 0 Å². The summed E-state index contributed by atoms with van der Waals surface area (Å²) in [4.78, 5) is 11.6. The van der Waals surface area contributed by atoms with Gasteiger partial charge in [-0.3, -0.25) is 0 Å². The van der Waals surface area contributed by atoms with E-state index in [1.165, 1.54) is 12.1 Å². The number of carboxylic acids is 1. The van der Waals surface area contributed by atoms with E-state index in [9.17, 15) is 9.90 Å². The molecule has 0 aliphatic heterocycles. The lowest BCUT2D eigenvalue weighted by atomic mass is 10.1. The molecule has 150 valence electrons. The fourth-order valence-corrected chi connectivity index (χ4v) is 2.73. The third-order valence-corrected chi connectivity index (χ3v) is 4.19. The van der Waals surface area contributed by atoms with Crippen molar-refractivity contribution in [3.05, 3.63) is 89.5 Å². The molecular formula is C24H24O5. The van der Waals surface area contributed by atoms with Crippen LogP contribution >= 0.6 is 0 Å². The highest BCUT2D eigenvalue weighted by atomic mass is 16.5. The molecule has 0 radical (unpaired) electrons. The van der Waals surface area contributed by atoms with Gasteiger partial charge in [0.15, 0.2) is 11.5 Å². The predicted octanol–water partition coefficient (Wildman–Crippen LogP) is 5.33. The van der Waals surface area contributed by atoms with Crippen LogP contribution in [0.2, 0.25) is 0 Å². The van der Waals surface area contributed by atoms with Crippen molar-refractivity contribution in [2.45, 2.75) is 26.6 Å². The molecule has 5 nitrogen and oxygen atoms in total. The predicted molar refractivity (Wildman–Crippen MR) is 111 cm³/mol. The molecule has 3 aromatic carbocycles. The van der Waals surface area contributed by atoms with E-state index in [-0.39, 0.29) is 5.56 Å². The second-order valence-corrected chi connectivity index (χ2v) is 6.50. The SMILES string of the molecule is CCCOc1cc(C(=O)O)cc(OCc2ccccc2)c1OCc1ccccc1. The number of hydrogen-bond acceptors (Lipinski definition) is 4. The zero-order valence-corrected chi connectivity index (χ0v) is 16.3. The fourth-order valence-electron chi connectivity index (χ4n) is 2.73. The fraction of sp³-hybridized carbons (Fsp3) is 0.208. The minimum Gasteiger partial charge on any atom is -0.490 e. The van der Waals surface area contributed by atoms with Crippen molar-refractivity contribution >= 4 is 5.97 Å². The van der Waals surface area contributed by atoms with E-state index in [2.05, 4.69) is 0 Å². The molecule has 5 heteroatoms. The van der Waals surface area contributed by atoms with Gasteiger partial charge in [0.25, 0.3) is 0 Å². The van der Waals surface area contributed by atoms with Crippen LogP contribution < -0.4 is 14.2 Å². The molecule has 0 saturated heterocycles. The van der Waals surface area contributed by atoms with Crippen molar-refractivity contribution in [2.75, 3.05) is 6.61 Å². The molecule has 0 spiro atoms. The molecule has 0 heterocycles. The normalized spacial score (nSPS) is 10.4. The van der Waals surface area contributed by atoms with Crippen LogP contribution in [0.15, 0.2) is 72.8 Å². The maximum atomic E-state index is 11.6. The monoisotopic (exact) mass is 392 g/mol. The second kappa shape index (κ2) is 10.2. The summed E-state index contributed by atoms with van der Waals surface area (Å²) in [5.74, 6) is 0.0651. The molecule has 1 N–H and O–H groups in total. The quantitative estimate of drug-likeness (QED) is 0.505. The van der Waals surface area contributed by atoms with Crippen molar-refractivity contribution < 1.29 is 24.1 Å². The van der Waals surface area contributed by atoms with Crippen LogP contribution in [-0.4, -0.2) is 17.7 Å². The largest absolute Gasteiger partial charge is 0.490 e. The minimum atomic E-state index is -1.05. The smallest absolute Gasteiger partial charge is 0.335 e. The van der Waals surface area contributed by atoms with Crippen LogP contribution in [0.25, 0.3) is 0 Å². The topological polar surface area (TPSA) is 65.0 Å². The van der Waals surface area contributed by atoms with E-state index in [1.807, 2.05) is 67.6 Å². The summed E-state index contributed by atoms with van der Waals surface area (Å²) >= 11 is 0. The summed E-state index contributed by atoms with van der Waals surface area (Å²) in [5.41, 5.74) is 2.05. The Balaban J connectivity index is 1.91. The number of carboxylic acid groups (broad SMARTS) is 1. The number of ether oxygens (including phenoxy) is 3. The van der Waals surface area contributed by atoms with Gasteiger partial charge in [-0.25, -0.2) is 4.79 Å². The number of hydrogen-bond donors (Lipinski definition) is 1. The average Bonchev–Trinajstić information content (AvgIpc) is 2.76. The molecule has 3 rings (SSSR count). The second-order valence-electron chi connectivity index (χ2n) is 6.50. The molecular weight excluding hydrogens is 368 g/mol. The molecule has 0 aromatic heterocycles. The molecule has 0 amide bonds. The van der Waals surface area contributed by atoms with E-state index in [4.69, 9.17) is 14.2 Å². The van der Waals surface area contributed by atoms with Crippen molar-refractivity contribution in [1.29, 1.82) is 0 Å². The molecule has 0 unspecified atom stereocenters. The van der Waals surface area contributed by atoms with Crippen LogP contribution in [-0.2, 0) is 13.2 Å². The van der Waals surface area contributed by atoms with Gasteiger partial charge in [-0.05, 0) is 29.7 Å². The van der Waals surface area contributed by atoms with Gasteiger partial charge in [0.05, 0.1) is 12.2 Å². The lowest BCUT2D eigenvalue weighted by Crippen LogP contribution is -2.07. The molecule has 0 aliphatic carbocycles. The lowest BCUT2D eigenvalue weighted by molar-refractivity contribution is 0.0695. The summed E-state index contributed by atoms with van der Waals surface area (Å²) in [6.07, 6.45) is 0.787. The first kappa shape index (κ1) is 20.3. The summed E-state index contributed by atoms with van der Waals surface area (Å²) in [5, 5.41) is 9.49. The first-order valence-corrected chi connectivity index (χ1v) is 9.55. The molecule has 29 heavy (non-hydrogen) atoms. The van der Waals surface area contributed by atoms with Gasteiger partial charge in [0.1, 0.15) is 13.2 Å². The van der Waals surface area contributed by atoms with Gasteiger partial charge < -0.3 is 19.3 Å². The van der Waals surface area contributed by atoms with E-state index in [0.717, 1.165) is 17.5 Å². The van der Waals surface area contributed by atoms with Crippen LogP contribution in [0, 0.1) is 0 Å². The maximum absolute atomic E-state index is 11.6. The number of aromatic carboxylic acids is 1. The van der Waals surface area contributed by atoms with Crippen LogP contribution in [0.5, 0.6) is 17.2 Å². The van der Waals surface area contributed by atoms with Gasteiger partial charge in [-0.2, -0.15) is 0 Å². The van der Waals surface area contributed by atoms with Gasteiger partial charge in [-0.1, -0.05) is 67.6 Å². The van der Waals surface area contributed by atoms with Gasteiger partial charge in [-0.15, -0.1) is 0 Å². The lowest BCUT2D eigenvalue weighted by Gasteiger charge is -2.18. The third-order valence-electron chi connectivity index (χ3n) is 4.19. The van der Waals surface area contributed by atoms with E-state index in [0.29, 0.717) is 37.1 Å². The van der Waals surface area contributed by atoms with E-state index < -0.39 is 5.97 Å². The first-order valence-electron chi connectivity index (χ1n) is 9.55. The Bertz CT molecular complexity index is 923. The Morgan fingerprint density at radius 1 is 0.793 bits per heavy atom. The van der Waals surface area contributed by atoms with Gasteiger partial charge >= 0.3 is 5.97 Å². The highest BCUT2D eigenvalue weighted by molar-refractivity contribution is 5.89. The molecule has 0 saturated carbocycles. The van der Waals surface area contributed by atoms with Crippen molar-refractivity contribution in [3.63, 3.8) is 0 Å². The Labute approximate surface area is 170 Å². The minimum absolute atomic E-state index is 0.0891. The van der Waals surface area contributed by atoms with Crippen LogP contribution in [0.1, 0.15) is 34.8 Å². The van der Waals surface area contributed by atoms with Gasteiger partial charge in [0.2, 0.25) is 5.75 Å². The first-order chi connectivity index (χ1) is 14.2. The third kappa shape index (κ3) is 5.75. The summed E-state index contributed by atoms with van der Waals surface area (Å²) in [6.45, 7) is 3.04. The van der Waals surface area contributed by atoms with Gasteiger partial charge in [0, 0.05) is 0 Å². The molecule has 0 fully saturated rings. The van der Waals surface area contributed by atoms with Crippen LogP contribution in [0.4, 0.5) is 0 Å².